The number of rotatable bonds is 2. The fourth-order valence-electron chi connectivity index (χ4n) is 2.35. The summed E-state index contributed by atoms with van der Waals surface area (Å²) >= 11 is 3.00. The van der Waals surface area contributed by atoms with Crippen molar-refractivity contribution < 1.29 is 8.78 Å². The predicted molar refractivity (Wildman–Crippen MR) is 72.9 cm³/mol. The maximum Gasteiger partial charge on any atom is 0.147 e. The average molecular weight is 319 g/mol. The molecule has 0 aromatic heterocycles. The second kappa shape index (κ2) is 5.53. The largest absolute Gasteiger partial charge is 0.363 e. The summed E-state index contributed by atoms with van der Waals surface area (Å²) in [6.45, 7) is 5.60. The van der Waals surface area contributed by atoms with Gasteiger partial charge in [-0.1, -0.05) is 6.92 Å². The van der Waals surface area contributed by atoms with Crippen LogP contribution in [0.2, 0.25) is 0 Å². The van der Waals surface area contributed by atoms with E-state index in [9.17, 15) is 8.78 Å². The van der Waals surface area contributed by atoms with Gasteiger partial charge in [0.1, 0.15) is 11.6 Å². The van der Waals surface area contributed by atoms with Crippen molar-refractivity contribution in [2.24, 2.45) is 0 Å². The molecule has 5 heteroatoms. The van der Waals surface area contributed by atoms with Gasteiger partial charge in [-0.25, -0.2) is 8.78 Å². The van der Waals surface area contributed by atoms with Crippen molar-refractivity contribution in [3.05, 3.63) is 28.2 Å². The SMILES string of the molecule is CCC1CNC(C)CN1c1cc(F)c(Br)cc1F. The lowest BCUT2D eigenvalue weighted by molar-refractivity contribution is 0.397. The van der Waals surface area contributed by atoms with Crippen molar-refractivity contribution in [3.8, 4) is 0 Å². The number of benzene rings is 1. The molecule has 2 nitrogen and oxygen atoms in total. The van der Waals surface area contributed by atoms with E-state index in [0.29, 0.717) is 12.2 Å². The van der Waals surface area contributed by atoms with Crippen LogP contribution in [0.15, 0.2) is 16.6 Å². The van der Waals surface area contributed by atoms with Crippen LogP contribution in [0.4, 0.5) is 14.5 Å². The minimum atomic E-state index is -0.424. The predicted octanol–water partition coefficient (Wildman–Crippen LogP) is 3.30. The van der Waals surface area contributed by atoms with Gasteiger partial charge in [0.05, 0.1) is 10.2 Å². The molecule has 100 valence electrons. The van der Waals surface area contributed by atoms with E-state index in [1.54, 1.807) is 0 Å². The smallest absolute Gasteiger partial charge is 0.147 e. The molecule has 1 aliphatic heterocycles. The molecular weight excluding hydrogens is 302 g/mol. The summed E-state index contributed by atoms with van der Waals surface area (Å²) in [6.07, 6.45) is 0.900. The number of halogens is 3. The van der Waals surface area contributed by atoms with Gasteiger partial charge in [0, 0.05) is 31.2 Å². The summed E-state index contributed by atoms with van der Waals surface area (Å²) < 4.78 is 27.7. The van der Waals surface area contributed by atoms with Crippen LogP contribution in [0.1, 0.15) is 20.3 Å². The van der Waals surface area contributed by atoms with Gasteiger partial charge in [-0.05, 0) is 35.3 Å². The highest BCUT2D eigenvalue weighted by Gasteiger charge is 2.27. The van der Waals surface area contributed by atoms with Gasteiger partial charge in [0.15, 0.2) is 0 Å². The number of nitrogens with zero attached hydrogens (tertiary/aromatic N) is 1. The summed E-state index contributed by atoms with van der Waals surface area (Å²) in [6, 6.07) is 2.96. The molecule has 1 fully saturated rings. The summed E-state index contributed by atoms with van der Waals surface area (Å²) in [5, 5.41) is 3.36. The van der Waals surface area contributed by atoms with Crippen molar-refractivity contribution >= 4 is 21.6 Å². The third-order valence-electron chi connectivity index (χ3n) is 3.38. The van der Waals surface area contributed by atoms with E-state index in [0.717, 1.165) is 13.0 Å². The highest BCUT2D eigenvalue weighted by molar-refractivity contribution is 9.10. The first kappa shape index (κ1) is 13.7. The van der Waals surface area contributed by atoms with Crippen LogP contribution in [0.3, 0.4) is 0 Å². The van der Waals surface area contributed by atoms with Crippen LogP contribution in [0.25, 0.3) is 0 Å². The Morgan fingerprint density at radius 2 is 2.11 bits per heavy atom. The molecule has 2 rings (SSSR count). The number of hydrogen-bond donors (Lipinski definition) is 1. The average Bonchev–Trinajstić information content (AvgIpc) is 2.34. The lowest BCUT2D eigenvalue weighted by Crippen LogP contribution is -2.55. The highest BCUT2D eigenvalue weighted by atomic mass is 79.9. The standard InChI is InChI=1S/C13H17BrF2N2/c1-3-9-6-17-8(2)7-18(9)13-5-11(15)10(14)4-12(13)16/h4-5,8-9,17H,3,6-7H2,1-2H3. The van der Waals surface area contributed by atoms with Crippen molar-refractivity contribution in [3.63, 3.8) is 0 Å². The number of nitrogens with one attached hydrogen (secondary N) is 1. The first-order valence-corrected chi connectivity index (χ1v) is 6.96. The summed E-state index contributed by atoms with van der Waals surface area (Å²) in [7, 11) is 0. The maximum absolute atomic E-state index is 14.0. The molecule has 0 saturated carbocycles. The fourth-order valence-corrected chi connectivity index (χ4v) is 2.66. The van der Waals surface area contributed by atoms with Gasteiger partial charge in [-0.15, -0.1) is 0 Å². The molecule has 0 aliphatic carbocycles. The van der Waals surface area contributed by atoms with E-state index in [-0.39, 0.29) is 22.4 Å². The Bertz CT molecular complexity index is 439. The molecule has 1 heterocycles. The zero-order chi connectivity index (χ0) is 13.3. The molecule has 1 aromatic rings. The van der Waals surface area contributed by atoms with E-state index in [2.05, 4.69) is 28.2 Å². The van der Waals surface area contributed by atoms with Crippen LogP contribution >= 0.6 is 15.9 Å². The Hall–Kier alpha value is -0.680. The molecule has 2 atom stereocenters. The number of anilines is 1. The third-order valence-corrected chi connectivity index (χ3v) is 3.99. The van der Waals surface area contributed by atoms with Crippen molar-refractivity contribution in [1.82, 2.24) is 5.32 Å². The second-order valence-corrected chi connectivity index (χ2v) is 5.60. The van der Waals surface area contributed by atoms with Crippen LogP contribution in [0, 0.1) is 11.6 Å². The molecule has 0 bridgehead atoms. The quantitative estimate of drug-likeness (QED) is 0.842. The van der Waals surface area contributed by atoms with Gasteiger partial charge in [0.2, 0.25) is 0 Å². The molecular formula is C13H17BrF2N2. The van der Waals surface area contributed by atoms with Gasteiger partial charge in [-0.2, -0.15) is 0 Å². The second-order valence-electron chi connectivity index (χ2n) is 4.74. The summed E-state index contributed by atoms with van der Waals surface area (Å²) in [5.74, 6) is -0.803. The topological polar surface area (TPSA) is 15.3 Å². The molecule has 0 radical (unpaired) electrons. The number of hydrogen-bond acceptors (Lipinski definition) is 2. The third kappa shape index (κ3) is 2.67. The molecule has 0 amide bonds. The molecule has 0 spiro atoms. The van der Waals surface area contributed by atoms with Crippen LogP contribution < -0.4 is 10.2 Å². The van der Waals surface area contributed by atoms with Gasteiger partial charge in [0.25, 0.3) is 0 Å². The molecule has 1 aliphatic rings. The molecule has 1 N–H and O–H groups in total. The number of piperazine rings is 1. The first-order chi connectivity index (χ1) is 8.52. The normalized spacial score (nSPS) is 24.4. The van der Waals surface area contributed by atoms with Gasteiger partial charge in [-0.3, -0.25) is 0 Å². The van der Waals surface area contributed by atoms with Crippen LogP contribution in [-0.2, 0) is 0 Å². The lowest BCUT2D eigenvalue weighted by Gasteiger charge is -2.40. The van der Waals surface area contributed by atoms with Crippen LogP contribution in [0.5, 0.6) is 0 Å². The highest BCUT2D eigenvalue weighted by Crippen LogP contribution is 2.29. The van der Waals surface area contributed by atoms with E-state index in [1.165, 1.54) is 12.1 Å². The van der Waals surface area contributed by atoms with Crippen molar-refractivity contribution in [2.75, 3.05) is 18.0 Å². The molecule has 1 saturated heterocycles. The van der Waals surface area contributed by atoms with E-state index < -0.39 is 5.82 Å². The van der Waals surface area contributed by atoms with E-state index in [4.69, 9.17) is 0 Å². The summed E-state index contributed by atoms with van der Waals surface area (Å²) in [5.41, 5.74) is 0.357. The molecule has 18 heavy (non-hydrogen) atoms. The first-order valence-electron chi connectivity index (χ1n) is 6.17. The molecule has 2 unspecified atom stereocenters. The Morgan fingerprint density at radius 3 is 2.78 bits per heavy atom. The Morgan fingerprint density at radius 1 is 1.39 bits per heavy atom. The summed E-state index contributed by atoms with van der Waals surface area (Å²) in [4.78, 5) is 1.96. The zero-order valence-electron chi connectivity index (χ0n) is 10.5. The Labute approximate surface area is 114 Å². The van der Waals surface area contributed by atoms with Gasteiger partial charge < -0.3 is 10.2 Å². The monoisotopic (exact) mass is 318 g/mol. The van der Waals surface area contributed by atoms with Gasteiger partial charge >= 0.3 is 0 Å². The van der Waals surface area contributed by atoms with Crippen LogP contribution in [-0.4, -0.2) is 25.2 Å². The minimum absolute atomic E-state index is 0.167. The zero-order valence-corrected chi connectivity index (χ0v) is 12.1. The van der Waals surface area contributed by atoms with E-state index >= 15 is 0 Å². The van der Waals surface area contributed by atoms with E-state index in [1.807, 2.05) is 11.8 Å². The minimum Gasteiger partial charge on any atom is -0.363 e. The Balaban J connectivity index is 2.36. The lowest BCUT2D eigenvalue weighted by atomic mass is 10.1. The van der Waals surface area contributed by atoms with Crippen molar-refractivity contribution in [2.45, 2.75) is 32.4 Å². The fraction of sp³-hybridized carbons (Fsp3) is 0.538. The maximum atomic E-state index is 14.0. The molecule has 1 aromatic carbocycles. The Kier molecular flexibility index (Phi) is 4.22. The van der Waals surface area contributed by atoms with Crippen molar-refractivity contribution in [1.29, 1.82) is 0 Å².